The normalized spacial score (nSPS) is 18.2. The highest BCUT2D eigenvalue weighted by atomic mass is 19.4. The molecule has 1 aliphatic rings. The molecule has 5 nitrogen and oxygen atoms in total. The van der Waals surface area contributed by atoms with E-state index in [1.165, 1.54) is 18.1 Å². The highest BCUT2D eigenvalue weighted by Crippen LogP contribution is 2.34. The molecule has 8 heteroatoms. The highest BCUT2D eigenvalue weighted by molar-refractivity contribution is 5.93. The van der Waals surface area contributed by atoms with Crippen molar-refractivity contribution in [2.45, 2.75) is 19.0 Å². The number of alkyl halides is 3. The van der Waals surface area contributed by atoms with Gasteiger partial charge in [0.1, 0.15) is 5.75 Å². The fourth-order valence-electron chi connectivity index (χ4n) is 2.94. The molecule has 0 spiro atoms. The molecular weight excluding hydrogens is 337 g/mol. The quantitative estimate of drug-likeness (QED) is 0.842. The van der Waals surface area contributed by atoms with Crippen molar-refractivity contribution in [1.29, 1.82) is 0 Å². The van der Waals surface area contributed by atoms with Crippen LogP contribution in [0.4, 0.5) is 13.2 Å². The van der Waals surface area contributed by atoms with E-state index in [0.29, 0.717) is 23.5 Å². The molecule has 1 aromatic heterocycles. The standard InChI is InChI=1S/C17H17F3N2O3/c1-24-14-7-3-2-6-12(14)15-9-13(21-25-15)16(23)22-8-4-5-11(10-22)17(18,19)20/h2-3,6-7,9,11H,4-5,8,10H2,1H3. The number of ether oxygens (including phenoxy) is 1. The van der Waals surface area contributed by atoms with Gasteiger partial charge in [-0.05, 0) is 25.0 Å². The topological polar surface area (TPSA) is 55.6 Å². The lowest BCUT2D eigenvalue weighted by Crippen LogP contribution is -2.44. The van der Waals surface area contributed by atoms with Crippen LogP contribution in [0.5, 0.6) is 5.75 Å². The maximum Gasteiger partial charge on any atom is 0.393 e. The van der Waals surface area contributed by atoms with E-state index in [2.05, 4.69) is 5.16 Å². The van der Waals surface area contributed by atoms with Crippen molar-refractivity contribution < 1.29 is 27.2 Å². The predicted octanol–water partition coefficient (Wildman–Crippen LogP) is 3.76. The maximum absolute atomic E-state index is 12.9. The minimum atomic E-state index is -4.30. The molecule has 2 heterocycles. The second kappa shape index (κ2) is 6.78. The number of likely N-dealkylation sites (tertiary alicyclic amines) is 1. The second-order valence-electron chi connectivity index (χ2n) is 5.91. The Kier molecular flexibility index (Phi) is 4.69. The Labute approximate surface area is 142 Å². The number of para-hydroxylation sites is 1. The van der Waals surface area contributed by atoms with Gasteiger partial charge in [-0.2, -0.15) is 13.2 Å². The first-order valence-corrected chi connectivity index (χ1v) is 7.86. The highest BCUT2D eigenvalue weighted by Gasteiger charge is 2.43. The first-order chi connectivity index (χ1) is 11.9. The third-order valence-electron chi connectivity index (χ3n) is 4.27. The summed E-state index contributed by atoms with van der Waals surface area (Å²) < 4.78 is 49.1. The number of aromatic nitrogens is 1. The third kappa shape index (κ3) is 3.62. The van der Waals surface area contributed by atoms with Crippen LogP contribution in [-0.2, 0) is 0 Å². The van der Waals surface area contributed by atoms with Crippen LogP contribution in [-0.4, -0.2) is 42.3 Å². The molecule has 0 N–H and O–H groups in total. The molecule has 25 heavy (non-hydrogen) atoms. The van der Waals surface area contributed by atoms with Crippen molar-refractivity contribution in [3.63, 3.8) is 0 Å². The van der Waals surface area contributed by atoms with Crippen molar-refractivity contribution >= 4 is 5.91 Å². The zero-order chi connectivity index (χ0) is 18.0. The van der Waals surface area contributed by atoms with Gasteiger partial charge in [0, 0.05) is 19.2 Å². The molecule has 0 aliphatic carbocycles. The molecule has 1 fully saturated rings. The van der Waals surface area contributed by atoms with E-state index in [0.717, 1.165) is 0 Å². The molecule has 1 aliphatic heterocycles. The van der Waals surface area contributed by atoms with Crippen molar-refractivity contribution in [2.75, 3.05) is 20.2 Å². The van der Waals surface area contributed by atoms with Crippen molar-refractivity contribution in [3.8, 4) is 17.1 Å². The zero-order valence-electron chi connectivity index (χ0n) is 13.5. The van der Waals surface area contributed by atoms with E-state index >= 15 is 0 Å². The molecular formula is C17H17F3N2O3. The van der Waals surface area contributed by atoms with Gasteiger partial charge in [-0.25, -0.2) is 0 Å². The molecule has 1 unspecified atom stereocenters. The van der Waals surface area contributed by atoms with Gasteiger partial charge in [0.05, 0.1) is 18.6 Å². The van der Waals surface area contributed by atoms with Gasteiger partial charge in [0.25, 0.3) is 5.91 Å². The second-order valence-corrected chi connectivity index (χ2v) is 5.91. The molecule has 0 radical (unpaired) electrons. The number of hydrogen-bond donors (Lipinski definition) is 0. The number of carbonyl (C=O) groups is 1. The molecule has 1 atom stereocenters. The van der Waals surface area contributed by atoms with Gasteiger partial charge < -0.3 is 14.2 Å². The van der Waals surface area contributed by atoms with E-state index in [9.17, 15) is 18.0 Å². The van der Waals surface area contributed by atoms with Crippen LogP contribution in [0.1, 0.15) is 23.3 Å². The average molecular weight is 354 g/mol. The lowest BCUT2D eigenvalue weighted by molar-refractivity contribution is -0.184. The van der Waals surface area contributed by atoms with Crippen LogP contribution in [0.2, 0.25) is 0 Å². The number of halogens is 3. The number of methoxy groups -OCH3 is 1. The average Bonchev–Trinajstić information content (AvgIpc) is 3.10. The van der Waals surface area contributed by atoms with Crippen molar-refractivity contribution in [2.24, 2.45) is 5.92 Å². The lowest BCUT2D eigenvalue weighted by Gasteiger charge is -2.33. The Morgan fingerprint density at radius 1 is 1.36 bits per heavy atom. The van der Waals surface area contributed by atoms with Crippen LogP contribution in [0.15, 0.2) is 34.9 Å². The van der Waals surface area contributed by atoms with Crippen molar-refractivity contribution in [1.82, 2.24) is 10.1 Å². The minimum absolute atomic E-state index is 0.0104. The summed E-state index contributed by atoms with van der Waals surface area (Å²) >= 11 is 0. The predicted molar refractivity (Wildman–Crippen MR) is 83.2 cm³/mol. The summed E-state index contributed by atoms with van der Waals surface area (Å²) in [6.07, 6.45) is -3.95. The Balaban J connectivity index is 1.79. The van der Waals surface area contributed by atoms with Gasteiger partial charge >= 0.3 is 6.18 Å². The van der Waals surface area contributed by atoms with E-state index in [1.54, 1.807) is 24.3 Å². The Morgan fingerprint density at radius 3 is 2.84 bits per heavy atom. The summed E-state index contributed by atoms with van der Waals surface area (Å²) in [5.41, 5.74) is 0.604. The molecule has 0 bridgehead atoms. The van der Waals surface area contributed by atoms with Crippen LogP contribution in [0, 0.1) is 5.92 Å². The Hall–Kier alpha value is -2.51. The van der Waals surface area contributed by atoms with E-state index in [1.807, 2.05) is 0 Å². The summed E-state index contributed by atoms with van der Waals surface area (Å²) in [6, 6.07) is 8.47. The smallest absolute Gasteiger partial charge is 0.393 e. The van der Waals surface area contributed by atoms with Gasteiger partial charge in [0.15, 0.2) is 11.5 Å². The first-order valence-electron chi connectivity index (χ1n) is 7.86. The first kappa shape index (κ1) is 17.3. The minimum Gasteiger partial charge on any atom is -0.496 e. The number of rotatable bonds is 3. The fraction of sp³-hybridized carbons (Fsp3) is 0.412. The summed E-state index contributed by atoms with van der Waals surface area (Å²) in [5, 5.41) is 3.73. The largest absolute Gasteiger partial charge is 0.496 e. The summed E-state index contributed by atoms with van der Waals surface area (Å²) in [7, 11) is 1.51. The Bertz CT molecular complexity index is 758. The molecule has 1 aromatic carbocycles. The lowest BCUT2D eigenvalue weighted by atomic mass is 9.97. The fourth-order valence-corrected chi connectivity index (χ4v) is 2.94. The summed E-state index contributed by atoms with van der Waals surface area (Å²) in [5.74, 6) is -1.18. The zero-order valence-corrected chi connectivity index (χ0v) is 13.5. The number of amides is 1. The number of benzene rings is 1. The molecule has 134 valence electrons. The molecule has 1 amide bonds. The number of piperidine rings is 1. The molecule has 0 saturated carbocycles. The van der Waals surface area contributed by atoms with Crippen LogP contribution in [0.3, 0.4) is 0 Å². The third-order valence-corrected chi connectivity index (χ3v) is 4.27. The van der Waals surface area contributed by atoms with Crippen molar-refractivity contribution in [3.05, 3.63) is 36.0 Å². The maximum atomic E-state index is 12.9. The monoisotopic (exact) mass is 354 g/mol. The van der Waals surface area contributed by atoms with Gasteiger partial charge in [-0.3, -0.25) is 4.79 Å². The van der Waals surface area contributed by atoms with E-state index in [4.69, 9.17) is 9.26 Å². The summed E-state index contributed by atoms with van der Waals surface area (Å²) in [6.45, 7) is -0.0680. The molecule has 3 rings (SSSR count). The number of hydrogen-bond acceptors (Lipinski definition) is 4. The van der Waals surface area contributed by atoms with E-state index in [-0.39, 0.29) is 25.2 Å². The van der Waals surface area contributed by atoms with Gasteiger partial charge in [0.2, 0.25) is 0 Å². The van der Waals surface area contributed by atoms with Gasteiger partial charge in [-0.15, -0.1) is 0 Å². The van der Waals surface area contributed by atoms with Crippen LogP contribution < -0.4 is 4.74 Å². The SMILES string of the molecule is COc1ccccc1-c1cc(C(=O)N2CCCC(C(F)(F)F)C2)no1. The number of carbonyl (C=O) groups excluding carboxylic acids is 1. The summed E-state index contributed by atoms with van der Waals surface area (Å²) in [4.78, 5) is 13.7. The number of nitrogens with zero attached hydrogens (tertiary/aromatic N) is 2. The molecule has 1 saturated heterocycles. The van der Waals surface area contributed by atoms with Crippen LogP contribution >= 0.6 is 0 Å². The Morgan fingerprint density at radius 2 is 2.12 bits per heavy atom. The molecule has 2 aromatic rings. The van der Waals surface area contributed by atoms with Gasteiger partial charge in [-0.1, -0.05) is 17.3 Å². The van der Waals surface area contributed by atoms with Crippen LogP contribution in [0.25, 0.3) is 11.3 Å². The van der Waals surface area contributed by atoms with E-state index < -0.39 is 18.0 Å².